The van der Waals surface area contributed by atoms with Gasteiger partial charge in [0.25, 0.3) is 0 Å². The molecule has 0 spiro atoms. The van der Waals surface area contributed by atoms with E-state index in [4.69, 9.17) is 10.5 Å². The standard InChI is InChI=1S/C10H11F3N2O2/c11-6-3-8(13)9(4-7(6)12)15-10(16)5-17-2-1-14/h3-4H,1-2,5,14H2,(H,15,16). The molecule has 17 heavy (non-hydrogen) atoms. The van der Waals surface area contributed by atoms with Gasteiger partial charge < -0.3 is 15.8 Å². The van der Waals surface area contributed by atoms with Crippen LogP contribution in [0.1, 0.15) is 0 Å². The van der Waals surface area contributed by atoms with E-state index in [9.17, 15) is 18.0 Å². The summed E-state index contributed by atoms with van der Waals surface area (Å²) in [5.74, 6) is -4.30. The molecule has 0 aliphatic heterocycles. The minimum Gasteiger partial charge on any atom is -0.370 e. The molecule has 3 N–H and O–H groups in total. The molecule has 0 aliphatic rings. The van der Waals surface area contributed by atoms with E-state index >= 15 is 0 Å². The monoisotopic (exact) mass is 248 g/mol. The Morgan fingerprint density at radius 3 is 2.53 bits per heavy atom. The minimum atomic E-state index is -1.32. The van der Waals surface area contributed by atoms with Gasteiger partial charge in [0.05, 0.1) is 12.3 Å². The fourth-order valence-electron chi connectivity index (χ4n) is 1.05. The minimum absolute atomic E-state index is 0.174. The van der Waals surface area contributed by atoms with Crippen LogP contribution in [0.25, 0.3) is 0 Å². The first-order valence-electron chi connectivity index (χ1n) is 4.76. The highest BCUT2D eigenvalue weighted by atomic mass is 19.2. The molecule has 0 bridgehead atoms. The van der Waals surface area contributed by atoms with Crippen LogP contribution in [0.5, 0.6) is 0 Å². The lowest BCUT2D eigenvalue weighted by Crippen LogP contribution is -2.21. The largest absolute Gasteiger partial charge is 0.370 e. The zero-order chi connectivity index (χ0) is 12.8. The second-order valence-corrected chi connectivity index (χ2v) is 3.14. The number of hydrogen-bond donors (Lipinski definition) is 2. The predicted octanol–water partition coefficient (Wildman–Crippen LogP) is 1.02. The Bertz CT molecular complexity index is 413. The molecular weight excluding hydrogens is 237 g/mol. The van der Waals surface area contributed by atoms with Crippen LogP contribution in [0.3, 0.4) is 0 Å². The van der Waals surface area contributed by atoms with Crippen LogP contribution in [-0.4, -0.2) is 25.7 Å². The molecule has 94 valence electrons. The first-order chi connectivity index (χ1) is 8.04. The highest BCUT2D eigenvalue weighted by Gasteiger charge is 2.12. The molecule has 0 aromatic heterocycles. The van der Waals surface area contributed by atoms with Gasteiger partial charge in [-0.25, -0.2) is 13.2 Å². The van der Waals surface area contributed by atoms with Crippen LogP contribution in [0, 0.1) is 17.5 Å². The lowest BCUT2D eigenvalue weighted by molar-refractivity contribution is -0.120. The fourth-order valence-corrected chi connectivity index (χ4v) is 1.05. The molecule has 0 saturated heterocycles. The Morgan fingerprint density at radius 1 is 1.24 bits per heavy atom. The highest BCUT2D eigenvalue weighted by molar-refractivity contribution is 5.91. The topological polar surface area (TPSA) is 64.3 Å². The Morgan fingerprint density at radius 2 is 1.88 bits per heavy atom. The Hall–Kier alpha value is -1.60. The number of nitrogens with two attached hydrogens (primary N) is 1. The number of ether oxygens (including phenoxy) is 1. The van der Waals surface area contributed by atoms with E-state index in [0.717, 1.165) is 0 Å². The summed E-state index contributed by atoms with van der Waals surface area (Å²) in [7, 11) is 0. The average molecular weight is 248 g/mol. The van der Waals surface area contributed by atoms with Gasteiger partial charge in [0.1, 0.15) is 12.4 Å². The van der Waals surface area contributed by atoms with Crippen molar-refractivity contribution in [3.05, 3.63) is 29.6 Å². The van der Waals surface area contributed by atoms with Crippen molar-refractivity contribution < 1.29 is 22.7 Å². The van der Waals surface area contributed by atoms with E-state index in [1.54, 1.807) is 0 Å². The molecule has 1 aromatic carbocycles. The zero-order valence-electron chi connectivity index (χ0n) is 8.80. The van der Waals surface area contributed by atoms with E-state index in [-0.39, 0.29) is 19.8 Å². The van der Waals surface area contributed by atoms with Crippen molar-refractivity contribution in [1.82, 2.24) is 0 Å². The molecule has 0 aliphatic carbocycles. The number of benzene rings is 1. The Labute approximate surface area is 95.6 Å². The van der Waals surface area contributed by atoms with Gasteiger partial charge >= 0.3 is 0 Å². The van der Waals surface area contributed by atoms with Crippen LogP contribution in [0.2, 0.25) is 0 Å². The van der Waals surface area contributed by atoms with Gasteiger partial charge in [-0.05, 0) is 0 Å². The van der Waals surface area contributed by atoms with Gasteiger partial charge in [0.15, 0.2) is 11.6 Å². The van der Waals surface area contributed by atoms with E-state index in [1.165, 1.54) is 0 Å². The Balaban J connectivity index is 2.62. The maximum Gasteiger partial charge on any atom is 0.250 e. The second kappa shape index (κ2) is 6.21. The molecule has 4 nitrogen and oxygen atoms in total. The number of anilines is 1. The van der Waals surface area contributed by atoms with Gasteiger partial charge in [-0.1, -0.05) is 0 Å². The number of carbonyl (C=O) groups is 1. The van der Waals surface area contributed by atoms with E-state index in [1.807, 2.05) is 0 Å². The molecule has 0 unspecified atom stereocenters. The summed E-state index contributed by atoms with van der Waals surface area (Å²) < 4.78 is 43.2. The summed E-state index contributed by atoms with van der Waals surface area (Å²) in [6.07, 6.45) is 0. The number of hydrogen-bond acceptors (Lipinski definition) is 3. The van der Waals surface area contributed by atoms with E-state index < -0.39 is 29.0 Å². The first-order valence-corrected chi connectivity index (χ1v) is 4.76. The van der Waals surface area contributed by atoms with Gasteiger partial charge in [-0.2, -0.15) is 0 Å². The SMILES string of the molecule is NCCOCC(=O)Nc1cc(F)c(F)cc1F. The third kappa shape index (κ3) is 4.04. The van der Waals surface area contributed by atoms with Crippen LogP contribution in [-0.2, 0) is 9.53 Å². The van der Waals surface area contributed by atoms with Crippen LogP contribution >= 0.6 is 0 Å². The van der Waals surface area contributed by atoms with Gasteiger partial charge in [0, 0.05) is 18.7 Å². The van der Waals surface area contributed by atoms with Crippen molar-refractivity contribution in [2.45, 2.75) is 0 Å². The lowest BCUT2D eigenvalue weighted by atomic mass is 10.3. The summed E-state index contributed by atoms with van der Waals surface area (Å²) in [4.78, 5) is 11.2. The maximum atomic E-state index is 13.1. The van der Waals surface area contributed by atoms with Crippen molar-refractivity contribution in [3.8, 4) is 0 Å². The molecule has 0 heterocycles. The second-order valence-electron chi connectivity index (χ2n) is 3.14. The molecule has 0 atom stereocenters. The molecule has 1 aromatic rings. The maximum absolute atomic E-state index is 13.1. The van der Waals surface area contributed by atoms with Crippen molar-refractivity contribution in [2.24, 2.45) is 5.73 Å². The van der Waals surface area contributed by atoms with Crippen LogP contribution in [0.4, 0.5) is 18.9 Å². The van der Waals surface area contributed by atoms with Gasteiger partial charge in [-0.3, -0.25) is 4.79 Å². The number of carbonyl (C=O) groups excluding carboxylic acids is 1. The Kier molecular flexibility index (Phi) is 4.92. The van der Waals surface area contributed by atoms with Crippen molar-refractivity contribution in [3.63, 3.8) is 0 Å². The third-order valence-electron chi connectivity index (χ3n) is 1.78. The fraction of sp³-hybridized carbons (Fsp3) is 0.300. The van der Waals surface area contributed by atoms with E-state index in [0.29, 0.717) is 12.1 Å². The predicted molar refractivity (Wildman–Crippen MR) is 54.8 cm³/mol. The first kappa shape index (κ1) is 13.5. The number of halogens is 3. The van der Waals surface area contributed by atoms with Crippen LogP contribution < -0.4 is 11.1 Å². The average Bonchev–Trinajstić information content (AvgIpc) is 2.26. The molecular formula is C10H11F3N2O2. The van der Waals surface area contributed by atoms with Crippen molar-refractivity contribution >= 4 is 11.6 Å². The third-order valence-corrected chi connectivity index (χ3v) is 1.78. The number of nitrogens with one attached hydrogen (secondary N) is 1. The lowest BCUT2D eigenvalue weighted by Gasteiger charge is -2.07. The van der Waals surface area contributed by atoms with Crippen LogP contribution in [0.15, 0.2) is 12.1 Å². The number of amides is 1. The number of rotatable bonds is 5. The van der Waals surface area contributed by atoms with Gasteiger partial charge in [-0.15, -0.1) is 0 Å². The summed E-state index contributed by atoms with van der Waals surface area (Å²) in [6, 6.07) is 0.914. The van der Waals surface area contributed by atoms with Crippen molar-refractivity contribution in [1.29, 1.82) is 0 Å². The highest BCUT2D eigenvalue weighted by Crippen LogP contribution is 2.18. The summed E-state index contributed by atoms with van der Waals surface area (Å²) in [5.41, 5.74) is 4.68. The quantitative estimate of drug-likeness (QED) is 0.604. The summed E-state index contributed by atoms with van der Waals surface area (Å²) >= 11 is 0. The normalized spacial score (nSPS) is 10.4. The molecule has 1 amide bonds. The summed E-state index contributed by atoms with van der Waals surface area (Å²) in [6.45, 7) is 0.0795. The zero-order valence-corrected chi connectivity index (χ0v) is 8.80. The molecule has 0 radical (unpaired) electrons. The summed E-state index contributed by atoms with van der Waals surface area (Å²) in [5, 5.41) is 2.05. The van der Waals surface area contributed by atoms with E-state index in [2.05, 4.69) is 5.32 Å². The molecule has 7 heteroatoms. The molecule has 1 rings (SSSR count). The smallest absolute Gasteiger partial charge is 0.250 e. The molecule has 0 saturated carbocycles. The van der Waals surface area contributed by atoms with Gasteiger partial charge in [0.2, 0.25) is 5.91 Å². The van der Waals surface area contributed by atoms with Crippen molar-refractivity contribution in [2.75, 3.05) is 25.1 Å². The molecule has 0 fully saturated rings.